The summed E-state index contributed by atoms with van der Waals surface area (Å²) in [6.45, 7) is 0.166. The van der Waals surface area contributed by atoms with Gasteiger partial charge in [0.25, 0.3) is 11.5 Å². The Hall–Kier alpha value is -3.88. The Morgan fingerprint density at radius 3 is 2.64 bits per heavy atom. The van der Waals surface area contributed by atoms with E-state index in [1.54, 1.807) is 19.2 Å². The van der Waals surface area contributed by atoms with E-state index in [1.807, 2.05) is 0 Å². The molecule has 142 valence electrons. The Morgan fingerprint density at radius 1 is 1.21 bits per heavy atom. The lowest BCUT2D eigenvalue weighted by Crippen LogP contribution is -2.34. The van der Waals surface area contributed by atoms with Crippen molar-refractivity contribution in [2.45, 2.75) is 6.54 Å². The molecule has 0 bridgehead atoms. The van der Waals surface area contributed by atoms with Crippen LogP contribution in [0.3, 0.4) is 0 Å². The second kappa shape index (κ2) is 6.69. The second-order valence-corrected chi connectivity index (χ2v) is 6.19. The predicted molar refractivity (Wildman–Crippen MR) is 99.0 cm³/mol. The highest BCUT2D eigenvalue weighted by Gasteiger charge is 2.20. The fourth-order valence-electron chi connectivity index (χ4n) is 3.04. The second-order valence-electron chi connectivity index (χ2n) is 6.19. The van der Waals surface area contributed by atoms with E-state index in [0.717, 1.165) is 16.7 Å². The number of carbonyl (C=O) groups is 1. The van der Waals surface area contributed by atoms with Crippen LogP contribution in [-0.4, -0.2) is 20.0 Å². The van der Waals surface area contributed by atoms with Gasteiger partial charge in [0.15, 0.2) is 0 Å². The first-order valence-electron chi connectivity index (χ1n) is 8.36. The molecule has 0 atom stereocenters. The van der Waals surface area contributed by atoms with Crippen LogP contribution in [0.4, 0.5) is 4.39 Å². The van der Waals surface area contributed by atoms with Gasteiger partial charge < -0.3 is 19.3 Å². The molecule has 0 aliphatic carbocycles. The highest BCUT2D eigenvalue weighted by molar-refractivity contribution is 6.05. The molecule has 3 heterocycles. The molecule has 1 amide bonds. The summed E-state index contributed by atoms with van der Waals surface area (Å²) in [5, 5.41) is 2.68. The average molecular weight is 382 g/mol. The Labute approximate surface area is 156 Å². The summed E-state index contributed by atoms with van der Waals surface area (Å²) in [7, 11) is 1.60. The van der Waals surface area contributed by atoms with Crippen molar-refractivity contribution in [3.05, 3.63) is 86.8 Å². The number of aromatic amines is 1. The van der Waals surface area contributed by atoms with Crippen LogP contribution in [0.25, 0.3) is 16.7 Å². The Balaban J connectivity index is 1.79. The fourth-order valence-corrected chi connectivity index (χ4v) is 3.04. The summed E-state index contributed by atoms with van der Waals surface area (Å²) in [5.41, 5.74) is -0.683. The number of nitrogens with zero attached hydrogens (tertiary/aromatic N) is 2. The first-order valence-corrected chi connectivity index (χ1v) is 8.36. The largest absolute Gasteiger partial charge is 0.467 e. The molecule has 1 aromatic carbocycles. The number of fused-ring (bicyclic) bond motifs is 1. The molecule has 8 nitrogen and oxygen atoms in total. The Bertz CT molecular complexity index is 1280. The molecule has 9 heteroatoms. The van der Waals surface area contributed by atoms with E-state index in [0.29, 0.717) is 5.76 Å². The van der Waals surface area contributed by atoms with Crippen LogP contribution >= 0.6 is 0 Å². The van der Waals surface area contributed by atoms with Gasteiger partial charge in [-0.05, 0) is 36.4 Å². The summed E-state index contributed by atoms with van der Waals surface area (Å²) < 4.78 is 20.7. The van der Waals surface area contributed by atoms with E-state index < -0.39 is 23.0 Å². The molecule has 0 aliphatic rings. The smallest absolute Gasteiger partial charge is 0.333 e. The minimum Gasteiger partial charge on any atom is -0.467 e. The van der Waals surface area contributed by atoms with Crippen molar-refractivity contribution in [3.8, 4) is 5.69 Å². The highest BCUT2D eigenvalue weighted by Crippen LogP contribution is 2.15. The maximum absolute atomic E-state index is 13.2. The van der Waals surface area contributed by atoms with Crippen molar-refractivity contribution in [2.75, 3.05) is 0 Å². The lowest BCUT2D eigenvalue weighted by molar-refractivity contribution is 0.0949. The molecule has 2 N–H and O–H groups in total. The summed E-state index contributed by atoms with van der Waals surface area (Å²) in [6, 6.07) is 8.39. The minimum atomic E-state index is -0.726. The van der Waals surface area contributed by atoms with Crippen molar-refractivity contribution in [1.29, 1.82) is 0 Å². The number of rotatable bonds is 4. The van der Waals surface area contributed by atoms with E-state index in [4.69, 9.17) is 4.42 Å². The third-order valence-corrected chi connectivity index (χ3v) is 4.36. The zero-order valence-corrected chi connectivity index (χ0v) is 14.7. The van der Waals surface area contributed by atoms with Crippen molar-refractivity contribution in [3.63, 3.8) is 0 Å². The first kappa shape index (κ1) is 17.5. The van der Waals surface area contributed by atoms with E-state index in [9.17, 15) is 18.8 Å². The zero-order chi connectivity index (χ0) is 19.8. The summed E-state index contributed by atoms with van der Waals surface area (Å²) in [4.78, 5) is 40.6. The highest BCUT2D eigenvalue weighted by atomic mass is 19.1. The number of furan rings is 1. The molecule has 0 aliphatic heterocycles. The Kier molecular flexibility index (Phi) is 4.19. The van der Waals surface area contributed by atoms with Crippen LogP contribution in [0.15, 0.2) is 62.9 Å². The SMILES string of the molecule is Cn1cc(C(=O)NCc2ccco2)c2[nH]c(=O)n(-c3ccc(F)cc3)c(=O)c21. The fraction of sp³-hybridized carbons (Fsp3) is 0.105. The standard InChI is InChI=1S/C19H15FN4O4/c1-23-10-14(17(25)21-9-13-3-2-8-28-13)15-16(23)18(26)24(19(27)22-15)12-6-4-11(20)5-7-12/h2-8,10H,9H2,1H3,(H,21,25)(H,22,27). The summed E-state index contributed by atoms with van der Waals surface area (Å²) >= 11 is 0. The summed E-state index contributed by atoms with van der Waals surface area (Å²) in [6.07, 6.45) is 2.96. The average Bonchev–Trinajstić information content (AvgIpc) is 3.29. The number of amides is 1. The molecule has 0 radical (unpaired) electrons. The number of benzene rings is 1. The van der Waals surface area contributed by atoms with Crippen LogP contribution in [0.5, 0.6) is 0 Å². The maximum Gasteiger partial charge on any atom is 0.333 e. The van der Waals surface area contributed by atoms with Gasteiger partial charge in [-0.1, -0.05) is 0 Å². The molecule has 4 aromatic rings. The van der Waals surface area contributed by atoms with Gasteiger partial charge in [0.05, 0.1) is 29.6 Å². The summed E-state index contributed by atoms with van der Waals surface area (Å²) in [5.74, 6) is -0.374. The van der Waals surface area contributed by atoms with Gasteiger partial charge in [-0.2, -0.15) is 0 Å². The number of hydrogen-bond acceptors (Lipinski definition) is 4. The topological polar surface area (TPSA) is 102 Å². The molecule has 0 saturated heterocycles. The van der Waals surface area contributed by atoms with Gasteiger partial charge in [0.1, 0.15) is 17.1 Å². The van der Waals surface area contributed by atoms with Crippen LogP contribution in [0.1, 0.15) is 16.1 Å². The number of hydrogen-bond donors (Lipinski definition) is 2. The van der Waals surface area contributed by atoms with E-state index in [1.165, 1.54) is 29.2 Å². The third kappa shape index (κ3) is 2.92. The van der Waals surface area contributed by atoms with E-state index in [2.05, 4.69) is 10.3 Å². The monoisotopic (exact) mass is 382 g/mol. The molecule has 4 rings (SSSR count). The molecule has 0 unspecified atom stereocenters. The number of aromatic nitrogens is 3. The van der Waals surface area contributed by atoms with Gasteiger partial charge in [0.2, 0.25) is 0 Å². The molecule has 0 saturated carbocycles. The van der Waals surface area contributed by atoms with E-state index in [-0.39, 0.29) is 28.8 Å². The van der Waals surface area contributed by atoms with Crippen LogP contribution < -0.4 is 16.6 Å². The van der Waals surface area contributed by atoms with Gasteiger partial charge >= 0.3 is 5.69 Å². The van der Waals surface area contributed by atoms with Crippen LogP contribution in [-0.2, 0) is 13.6 Å². The van der Waals surface area contributed by atoms with Gasteiger partial charge in [-0.15, -0.1) is 0 Å². The molecule has 3 aromatic heterocycles. The molecule has 0 spiro atoms. The molecule has 28 heavy (non-hydrogen) atoms. The van der Waals surface area contributed by atoms with Crippen molar-refractivity contribution in [1.82, 2.24) is 19.4 Å². The number of H-pyrrole nitrogens is 1. The van der Waals surface area contributed by atoms with Gasteiger partial charge in [-0.3, -0.25) is 9.59 Å². The lowest BCUT2D eigenvalue weighted by atomic mass is 10.2. The van der Waals surface area contributed by atoms with Crippen molar-refractivity contribution < 1.29 is 13.6 Å². The Morgan fingerprint density at radius 2 is 1.96 bits per heavy atom. The zero-order valence-electron chi connectivity index (χ0n) is 14.7. The predicted octanol–water partition coefficient (Wildman–Crippen LogP) is 1.68. The maximum atomic E-state index is 13.2. The normalized spacial score (nSPS) is 11.1. The quantitative estimate of drug-likeness (QED) is 0.561. The lowest BCUT2D eigenvalue weighted by Gasteiger charge is -2.06. The third-order valence-electron chi connectivity index (χ3n) is 4.36. The molecule has 0 fully saturated rings. The number of aryl methyl sites for hydroxylation is 1. The van der Waals surface area contributed by atoms with Crippen LogP contribution in [0, 0.1) is 5.82 Å². The van der Waals surface area contributed by atoms with Crippen molar-refractivity contribution >= 4 is 16.9 Å². The van der Waals surface area contributed by atoms with Gasteiger partial charge in [0, 0.05) is 13.2 Å². The van der Waals surface area contributed by atoms with Crippen LogP contribution in [0.2, 0.25) is 0 Å². The van der Waals surface area contributed by atoms with Crippen molar-refractivity contribution in [2.24, 2.45) is 7.05 Å². The van der Waals surface area contributed by atoms with E-state index >= 15 is 0 Å². The van der Waals surface area contributed by atoms with Gasteiger partial charge in [-0.25, -0.2) is 13.8 Å². The molecular formula is C19H15FN4O4. The number of nitrogens with one attached hydrogen (secondary N) is 2. The number of halogens is 1. The number of carbonyl (C=O) groups excluding carboxylic acids is 1. The first-order chi connectivity index (χ1) is 13.5. The minimum absolute atomic E-state index is 0.132. The molecular weight excluding hydrogens is 367 g/mol.